The number of halogens is 1. The number of carbonyl (C=O) groups excluding carboxylic acids is 1. The first-order chi connectivity index (χ1) is 12.6. The molecule has 0 aliphatic heterocycles. The number of fused-ring (bicyclic) bond motifs is 1. The van der Waals surface area contributed by atoms with Gasteiger partial charge in [0, 0.05) is 16.8 Å². The lowest BCUT2D eigenvalue weighted by Gasteiger charge is -2.06. The molecule has 1 aromatic heterocycles. The number of nitrogens with zero attached hydrogens (tertiary/aromatic N) is 1. The van der Waals surface area contributed by atoms with Crippen LogP contribution < -0.4 is 5.32 Å². The number of benzene rings is 3. The third-order valence-corrected chi connectivity index (χ3v) is 4.02. The van der Waals surface area contributed by atoms with Gasteiger partial charge in [0.25, 0.3) is 5.91 Å². The van der Waals surface area contributed by atoms with E-state index >= 15 is 0 Å². The smallest absolute Gasteiger partial charge is 0.255 e. The van der Waals surface area contributed by atoms with E-state index in [-0.39, 0.29) is 11.7 Å². The van der Waals surface area contributed by atoms with Gasteiger partial charge in [0.05, 0.1) is 0 Å². The summed E-state index contributed by atoms with van der Waals surface area (Å²) < 4.78 is 18.8. The molecule has 0 saturated heterocycles. The van der Waals surface area contributed by atoms with Gasteiger partial charge in [-0.25, -0.2) is 9.37 Å². The molecule has 1 amide bonds. The second kappa shape index (κ2) is 6.44. The summed E-state index contributed by atoms with van der Waals surface area (Å²) in [5.41, 5.74) is 4.35. The number of hydrogen-bond acceptors (Lipinski definition) is 3. The molecule has 26 heavy (non-hydrogen) atoms. The average molecular weight is 346 g/mol. The lowest BCUT2D eigenvalue weighted by molar-refractivity contribution is 0.102. The van der Waals surface area contributed by atoms with Gasteiger partial charge in [0.1, 0.15) is 11.3 Å². The van der Waals surface area contributed by atoms with Crippen LogP contribution in [0.3, 0.4) is 0 Å². The molecule has 0 spiro atoms. The van der Waals surface area contributed by atoms with Gasteiger partial charge in [-0.05, 0) is 67.1 Å². The zero-order valence-electron chi connectivity index (χ0n) is 14.0. The molecule has 3 aromatic carbocycles. The Morgan fingerprint density at radius 3 is 2.65 bits per heavy atom. The Morgan fingerprint density at radius 2 is 1.85 bits per heavy atom. The fourth-order valence-electron chi connectivity index (χ4n) is 2.69. The maximum Gasteiger partial charge on any atom is 0.255 e. The molecule has 4 nitrogen and oxygen atoms in total. The highest BCUT2D eigenvalue weighted by Gasteiger charge is 2.11. The Kier molecular flexibility index (Phi) is 3.97. The van der Waals surface area contributed by atoms with E-state index < -0.39 is 0 Å². The minimum absolute atomic E-state index is 0.310. The van der Waals surface area contributed by atoms with Crippen molar-refractivity contribution in [2.24, 2.45) is 0 Å². The first kappa shape index (κ1) is 16.0. The average Bonchev–Trinajstić information content (AvgIpc) is 3.05. The third kappa shape index (κ3) is 3.19. The maximum atomic E-state index is 13.0. The monoisotopic (exact) mass is 346 g/mol. The Balaban J connectivity index is 1.61. The fourth-order valence-corrected chi connectivity index (χ4v) is 2.69. The number of nitrogens with one attached hydrogen (secondary N) is 1. The number of amides is 1. The molecule has 0 bridgehead atoms. The van der Waals surface area contributed by atoms with Gasteiger partial charge in [-0.1, -0.05) is 12.1 Å². The molecule has 0 radical (unpaired) electrons. The molecule has 0 aliphatic rings. The molecule has 1 N–H and O–H groups in total. The molecule has 0 aliphatic carbocycles. The number of aromatic nitrogens is 1. The van der Waals surface area contributed by atoms with E-state index in [1.54, 1.807) is 12.1 Å². The molecule has 4 rings (SSSR count). The van der Waals surface area contributed by atoms with Crippen molar-refractivity contribution in [1.82, 2.24) is 4.98 Å². The molecule has 0 saturated carbocycles. The first-order valence-corrected chi connectivity index (χ1v) is 8.13. The standard InChI is InChI=1S/C21H15FN2O2/c1-13-5-10-18-19(11-13)26-21(24-18)15-3-2-4-17(12-15)23-20(25)14-6-8-16(22)9-7-14/h2-12H,1H3,(H,23,25). The Labute approximate surface area is 149 Å². The molecular weight excluding hydrogens is 331 g/mol. The zero-order valence-corrected chi connectivity index (χ0v) is 14.0. The van der Waals surface area contributed by atoms with Crippen LogP contribution in [0.1, 0.15) is 15.9 Å². The highest BCUT2D eigenvalue weighted by Crippen LogP contribution is 2.27. The molecule has 5 heteroatoms. The number of rotatable bonds is 3. The van der Waals surface area contributed by atoms with Crippen molar-refractivity contribution in [2.75, 3.05) is 5.32 Å². The molecular formula is C21H15FN2O2. The number of oxazole rings is 1. The second-order valence-corrected chi connectivity index (χ2v) is 6.03. The van der Waals surface area contributed by atoms with E-state index in [2.05, 4.69) is 10.3 Å². The van der Waals surface area contributed by atoms with Gasteiger partial charge in [-0.2, -0.15) is 0 Å². The van der Waals surface area contributed by atoms with Crippen molar-refractivity contribution in [2.45, 2.75) is 6.92 Å². The fraction of sp³-hybridized carbons (Fsp3) is 0.0476. The Bertz CT molecular complexity index is 1100. The van der Waals surface area contributed by atoms with Gasteiger partial charge < -0.3 is 9.73 Å². The van der Waals surface area contributed by atoms with Crippen molar-refractivity contribution in [1.29, 1.82) is 0 Å². The predicted octanol–water partition coefficient (Wildman–Crippen LogP) is 5.19. The summed E-state index contributed by atoms with van der Waals surface area (Å²) in [5, 5.41) is 2.80. The summed E-state index contributed by atoms with van der Waals surface area (Å²) in [6, 6.07) is 18.5. The Hall–Kier alpha value is -3.47. The van der Waals surface area contributed by atoms with E-state index in [9.17, 15) is 9.18 Å². The number of hydrogen-bond donors (Lipinski definition) is 1. The largest absolute Gasteiger partial charge is 0.436 e. The number of anilines is 1. The molecule has 4 aromatic rings. The first-order valence-electron chi connectivity index (χ1n) is 8.13. The van der Waals surface area contributed by atoms with Crippen molar-refractivity contribution in [3.8, 4) is 11.5 Å². The van der Waals surface area contributed by atoms with Crippen LogP contribution in [-0.4, -0.2) is 10.9 Å². The summed E-state index contributed by atoms with van der Waals surface area (Å²) >= 11 is 0. The summed E-state index contributed by atoms with van der Waals surface area (Å²) in [6.07, 6.45) is 0. The van der Waals surface area contributed by atoms with Crippen LogP contribution in [0.15, 0.2) is 71.1 Å². The van der Waals surface area contributed by atoms with Gasteiger partial charge in [-0.3, -0.25) is 4.79 Å². The van der Waals surface area contributed by atoms with Gasteiger partial charge >= 0.3 is 0 Å². The summed E-state index contributed by atoms with van der Waals surface area (Å²) in [7, 11) is 0. The van der Waals surface area contributed by atoms with Crippen LogP contribution in [-0.2, 0) is 0 Å². The second-order valence-electron chi connectivity index (χ2n) is 6.03. The quantitative estimate of drug-likeness (QED) is 0.555. The molecule has 0 unspecified atom stereocenters. The molecule has 128 valence electrons. The van der Waals surface area contributed by atoms with E-state index in [4.69, 9.17) is 4.42 Å². The van der Waals surface area contributed by atoms with Crippen LogP contribution in [0.2, 0.25) is 0 Å². The molecule has 0 atom stereocenters. The van der Waals surface area contributed by atoms with Crippen LogP contribution in [0.5, 0.6) is 0 Å². The summed E-state index contributed by atoms with van der Waals surface area (Å²) in [4.78, 5) is 16.8. The highest BCUT2D eigenvalue weighted by atomic mass is 19.1. The van der Waals surface area contributed by atoms with Crippen molar-refractivity contribution in [3.05, 3.63) is 83.7 Å². The topological polar surface area (TPSA) is 55.1 Å². The summed E-state index contributed by atoms with van der Waals surface area (Å²) in [5.74, 6) is -0.200. The van der Waals surface area contributed by atoms with Crippen LogP contribution >= 0.6 is 0 Å². The van der Waals surface area contributed by atoms with Crippen LogP contribution in [0.25, 0.3) is 22.6 Å². The van der Waals surface area contributed by atoms with E-state index in [0.29, 0.717) is 17.1 Å². The minimum atomic E-state index is -0.380. The third-order valence-electron chi connectivity index (χ3n) is 4.02. The normalized spacial score (nSPS) is 10.8. The van der Waals surface area contributed by atoms with E-state index in [0.717, 1.165) is 22.2 Å². The number of carbonyl (C=O) groups is 1. The van der Waals surface area contributed by atoms with Gasteiger partial charge in [0.15, 0.2) is 5.58 Å². The van der Waals surface area contributed by atoms with Crippen LogP contribution in [0, 0.1) is 12.7 Å². The minimum Gasteiger partial charge on any atom is -0.436 e. The highest BCUT2D eigenvalue weighted by molar-refractivity contribution is 6.04. The van der Waals surface area contributed by atoms with Crippen molar-refractivity contribution >= 4 is 22.7 Å². The van der Waals surface area contributed by atoms with Crippen molar-refractivity contribution < 1.29 is 13.6 Å². The van der Waals surface area contributed by atoms with Crippen molar-refractivity contribution in [3.63, 3.8) is 0 Å². The zero-order chi connectivity index (χ0) is 18.1. The predicted molar refractivity (Wildman–Crippen MR) is 98.5 cm³/mol. The van der Waals surface area contributed by atoms with Gasteiger partial charge in [0.2, 0.25) is 5.89 Å². The molecule has 0 fully saturated rings. The van der Waals surface area contributed by atoms with Gasteiger partial charge in [-0.15, -0.1) is 0 Å². The maximum absolute atomic E-state index is 13.0. The number of aryl methyl sites for hydroxylation is 1. The molecule has 1 heterocycles. The van der Waals surface area contributed by atoms with Crippen LogP contribution in [0.4, 0.5) is 10.1 Å². The SMILES string of the molecule is Cc1ccc2nc(-c3cccc(NC(=O)c4ccc(F)cc4)c3)oc2c1. The summed E-state index contributed by atoms with van der Waals surface area (Å²) in [6.45, 7) is 1.99. The van der Waals surface area contributed by atoms with E-state index in [1.165, 1.54) is 24.3 Å². The Morgan fingerprint density at radius 1 is 1.04 bits per heavy atom. The lowest BCUT2D eigenvalue weighted by atomic mass is 10.1. The van der Waals surface area contributed by atoms with E-state index in [1.807, 2.05) is 37.3 Å². The lowest BCUT2D eigenvalue weighted by Crippen LogP contribution is -2.11.